The Morgan fingerprint density at radius 2 is 1.94 bits per heavy atom. The van der Waals surface area contributed by atoms with E-state index < -0.39 is 33.4 Å². The predicted molar refractivity (Wildman–Crippen MR) is 110 cm³/mol. The number of likely N-dealkylation sites (N-methyl/N-ethyl adjacent to an activating group) is 1. The second-order valence-corrected chi connectivity index (χ2v) is 8.66. The van der Waals surface area contributed by atoms with Crippen LogP contribution in [0, 0.1) is 10.1 Å². The molecule has 1 heterocycles. The van der Waals surface area contributed by atoms with Crippen molar-refractivity contribution in [3.05, 3.63) is 52.2 Å². The number of rotatable bonds is 11. The van der Waals surface area contributed by atoms with Crippen LogP contribution in [0.3, 0.4) is 0 Å². The number of hydrogen-bond acceptors (Lipinski definition) is 8. The molecule has 2 N–H and O–H groups in total. The first-order valence-electron chi connectivity index (χ1n) is 9.18. The average molecular weight is 477 g/mol. The van der Waals surface area contributed by atoms with Crippen molar-refractivity contribution in [3.63, 3.8) is 0 Å². The summed E-state index contributed by atoms with van der Waals surface area (Å²) in [4.78, 5) is 15.9. The summed E-state index contributed by atoms with van der Waals surface area (Å²) in [5.41, 5.74) is 0.0217. The van der Waals surface area contributed by atoms with Gasteiger partial charge in [-0.3, -0.25) is 10.1 Å². The fourth-order valence-electron chi connectivity index (χ4n) is 2.46. The van der Waals surface area contributed by atoms with Crippen LogP contribution >= 0.6 is 0 Å². The molecular weight excluding hydrogens is 455 g/mol. The molecule has 0 atom stereocenters. The molecule has 0 saturated carbocycles. The molecule has 176 valence electrons. The van der Waals surface area contributed by atoms with Crippen molar-refractivity contribution in [1.82, 2.24) is 14.6 Å². The van der Waals surface area contributed by atoms with Crippen LogP contribution in [0.2, 0.25) is 0 Å². The van der Waals surface area contributed by atoms with E-state index in [4.69, 9.17) is 0 Å². The second-order valence-electron chi connectivity index (χ2n) is 6.90. The summed E-state index contributed by atoms with van der Waals surface area (Å²) in [6, 6.07) is 6.16. The number of sulfonamides is 1. The topological polar surface area (TPSA) is 127 Å². The van der Waals surface area contributed by atoms with Gasteiger partial charge in [-0.2, -0.15) is 13.2 Å². The number of nitro benzene ring substituents is 1. The summed E-state index contributed by atoms with van der Waals surface area (Å²) in [7, 11) is -0.402. The summed E-state index contributed by atoms with van der Waals surface area (Å²) < 4.78 is 68.5. The molecule has 2 aromatic rings. The van der Waals surface area contributed by atoms with E-state index in [1.807, 2.05) is 0 Å². The molecule has 14 heteroatoms. The van der Waals surface area contributed by atoms with Gasteiger partial charge in [-0.25, -0.2) is 18.1 Å². The number of benzene rings is 1. The summed E-state index contributed by atoms with van der Waals surface area (Å²) in [6.07, 6.45) is -3.27. The molecule has 32 heavy (non-hydrogen) atoms. The van der Waals surface area contributed by atoms with Crippen molar-refractivity contribution in [2.75, 3.05) is 39.1 Å². The highest BCUT2D eigenvalue weighted by Crippen LogP contribution is 2.28. The van der Waals surface area contributed by atoms with Crippen LogP contribution < -0.4 is 14.8 Å². The number of alkyl halides is 3. The third-order valence-corrected chi connectivity index (χ3v) is 5.45. The van der Waals surface area contributed by atoms with Crippen molar-refractivity contribution >= 4 is 21.4 Å². The fraction of sp³-hybridized carbons (Fsp3) is 0.389. The lowest BCUT2D eigenvalue weighted by molar-refractivity contribution is -0.384. The Morgan fingerprint density at radius 3 is 2.56 bits per heavy atom. The zero-order valence-corrected chi connectivity index (χ0v) is 18.0. The number of ether oxygens (including phenoxy) is 1. The van der Waals surface area contributed by atoms with E-state index in [1.165, 1.54) is 30.5 Å². The average Bonchev–Trinajstić information content (AvgIpc) is 2.70. The van der Waals surface area contributed by atoms with Gasteiger partial charge in [-0.1, -0.05) is 0 Å². The summed E-state index contributed by atoms with van der Waals surface area (Å²) >= 11 is 0. The molecule has 0 saturated heterocycles. The Kier molecular flexibility index (Phi) is 8.35. The number of hydrogen-bond donors (Lipinski definition) is 2. The van der Waals surface area contributed by atoms with Gasteiger partial charge in [0.25, 0.3) is 5.69 Å². The Morgan fingerprint density at radius 1 is 1.22 bits per heavy atom. The van der Waals surface area contributed by atoms with E-state index in [2.05, 4.69) is 19.8 Å². The number of anilines is 1. The molecule has 0 amide bonds. The first-order chi connectivity index (χ1) is 14.9. The van der Waals surface area contributed by atoms with Gasteiger partial charge < -0.3 is 15.0 Å². The minimum atomic E-state index is -4.51. The Balaban J connectivity index is 2.13. The number of nitrogens with one attached hydrogen (secondary N) is 2. The predicted octanol–water partition coefficient (Wildman–Crippen LogP) is 2.38. The number of nitro groups is 1. The zero-order chi connectivity index (χ0) is 23.9. The molecule has 0 aliphatic rings. The quantitative estimate of drug-likeness (QED) is 0.373. The van der Waals surface area contributed by atoms with E-state index in [-0.39, 0.29) is 29.6 Å². The Hall–Kier alpha value is -2.97. The maximum Gasteiger partial charge on any atom is 0.422 e. The van der Waals surface area contributed by atoms with Crippen molar-refractivity contribution in [2.45, 2.75) is 17.6 Å². The summed E-state index contributed by atoms with van der Waals surface area (Å²) in [5.74, 6) is -0.249. The molecule has 1 aromatic carbocycles. The highest BCUT2D eigenvalue weighted by atomic mass is 32.2. The SMILES string of the molecule is CN(C)CCNS(=O)(=O)c1ccc(NCc2ccnc(OCC(F)(F)F)c2)c([N+](=O)[O-])c1. The first-order valence-corrected chi connectivity index (χ1v) is 10.7. The van der Waals surface area contributed by atoms with Crippen LogP contribution in [0.25, 0.3) is 0 Å². The van der Waals surface area contributed by atoms with Crippen molar-refractivity contribution in [1.29, 1.82) is 0 Å². The number of nitrogens with zero attached hydrogens (tertiary/aromatic N) is 3. The fourth-order valence-corrected chi connectivity index (χ4v) is 3.50. The van der Waals surface area contributed by atoms with Crippen LogP contribution in [-0.4, -0.2) is 63.2 Å². The number of pyridine rings is 1. The highest BCUT2D eigenvalue weighted by Gasteiger charge is 2.28. The largest absolute Gasteiger partial charge is 0.468 e. The maximum atomic E-state index is 12.4. The van der Waals surface area contributed by atoms with Crippen molar-refractivity contribution < 1.29 is 31.2 Å². The van der Waals surface area contributed by atoms with E-state index in [1.54, 1.807) is 19.0 Å². The first kappa shape index (κ1) is 25.3. The molecule has 0 radical (unpaired) electrons. The molecule has 1 aromatic heterocycles. The minimum absolute atomic E-state index is 0.00107. The monoisotopic (exact) mass is 477 g/mol. The van der Waals surface area contributed by atoms with E-state index >= 15 is 0 Å². The summed E-state index contributed by atoms with van der Waals surface area (Å²) in [5, 5.41) is 14.2. The molecular formula is C18H22F3N5O5S. The van der Waals surface area contributed by atoms with Crippen LogP contribution in [0.15, 0.2) is 41.4 Å². The lowest BCUT2D eigenvalue weighted by atomic mass is 10.2. The van der Waals surface area contributed by atoms with Gasteiger partial charge in [0.05, 0.1) is 9.82 Å². The number of halogens is 3. The van der Waals surface area contributed by atoms with Crippen LogP contribution in [-0.2, 0) is 16.6 Å². The molecule has 2 rings (SSSR count). The maximum absolute atomic E-state index is 12.4. The molecule has 0 bridgehead atoms. The van der Waals surface area contributed by atoms with E-state index in [9.17, 15) is 31.7 Å². The van der Waals surface area contributed by atoms with Crippen LogP contribution in [0.1, 0.15) is 5.56 Å². The Labute approximate surface area is 182 Å². The minimum Gasteiger partial charge on any atom is -0.468 e. The van der Waals surface area contributed by atoms with Crippen molar-refractivity contribution in [3.8, 4) is 5.88 Å². The lowest BCUT2D eigenvalue weighted by Gasteiger charge is -2.12. The van der Waals surface area contributed by atoms with Gasteiger partial charge in [0, 0.05) is 38.0 Å². The third-order valence-electron chi connectivity index (χ3n) is 3.99. The van der Waals surface area contributed by atoms with Crippen molar-refractivity contribution in [2.24, 2.45) is 0 Å². The zero-order valence-electron chi connectivity index (χ0n) is 17.2. The summed E-state index contributed by atoms with van der Waals surface area (Å²) in [6.45, 7) is -0.925. The van der Waals surface area contributed by atoms with Gasteiger partial charge in [0.2, 0.25) is 15.9 Å². The van der Waals surface area contributed by atoms with E-state index in [0.717, 1.165) is 6.07 Å². The van der Waals surface area contributed by atoms with Gasteiger partial charge in [0.15, 0.2) is 6.61 Å². The Bertz CT molecular complexity index is 1050. The molecule has 0 aliphatic heterocycles. The van der Waals surface area contributed by atoms with Gasteiger partial charge in [-0.05, 0) is 37.9 Å². The third kappa shape index (κ3) is 7.94. The van der Waals surface area contributed by atoms with Gasteiger partial charge in [0.1, 0.15) is 5.69 Å². The van der Waals surface area contributed by atoms with Crippen LogP contribution in [0.5, 0.6) is 5.88 Å². The highest BCUT2D eigenvalue weighted by molar-refractivity contribution is 7.89. The van der Waals surface area contributed by atoms with Crippen LogP contribution in [0.4, 0.5) is 24.5 Å². The van der Waals surface area contributed by atoms with E-state index in [0.29, 0.717) is 12.1 Å². The molecule has 0 unspecified atom stereocenters. The molecule has 0 fully saturated rings. The van der Waals surface area contributed by atoms with Gasteiger partial charge in [-0.15, -0.1) is 0 Å². The molecule has 0 aliphatic carbocycles. The molecule has 0 spiro atoms. The molecule has 10 nitrogen and oxygen atoms in total. The second kappa shape index (κ2) is 10.6. The standard InChI is InChI=1S/C18H22F3N5O5S/c1-25(2)8-7-24-32(29,30)14-3-4-15(16(10-14)26(27)28)23-11-13-5-6-22-17(9-13)31-12-18(19,20)21/h3-6,9-10,23-24H,7-8,11-12H2,1-2H3. The number of aromatic nitrogens is 1. The van der Waals surface area contributed by atoms with Gasteiger partial charge >= 0.3 is 6.18 Å². The normalized spacial score (nSPS) is 12.1. The smallest absolute Gasteiger partial charge is 0.422 e. The lowest BCUT2D eigenvalue weighted by Crippen LogP contribution is -2.31.